The molecule has 0 fully saturated rings. The number of hydroxylamine groups is 2. The van der Waals surface area contributed by atoms with E-state index in [0.717, 1.165) is 20.5 Å². The summed E-state index contributed by atoms with van der Waals surface area (Å²) in [6, 6.07) is 0. The van der Waals surface area contributed by atoms with Crippen LogP contribution in [-0.2, 0) is 24.0 Å². The maximum Gasteiger partial charge on any atom is 0.440 e. The maximum absolute atomic E-state index is 11.2. The summed E-state index contributed by atoms with van der Waals surface area (Å²) in [4.78, 5) is 7.85. The van der Waals surface area contributed by atoms with Gasteiger partial charge in [0.2, 0.25) is 17.2 Å². The van der Waals surface area contributed by atoms with E-state index in [1.54, 1.807) is 0 Å². The van der Waals surface area contributed by atoms with E-state index >= 15 is 0 Å². The minimum absolute atomic E-state index is 0.208. The second kappa shape index (κ2) is 6.80. The molecule has 0 aromatic heterocycles. The molecule has 0 aliphatic carbocycles. The van der Waals surface area contributed by atoms with Gasteiger partial charge in [0.05, 0.1) is 6.26 Å². The highest BCUT2D eigenvalue weighted by Crippen LogP contribution is 2.00. The SMILES string of the molecule is CON=[N+]([O-])C(COS(C)(=O)=O)[N+]([O-])=NOC. The Labute approximate surface area is 97.1 Å². The first-order valence-corrected chi connectivity index (χ1v) is 5.88. The fraction of sp³-hybridized carbons (Fsp3) is 1.00. The Hall–Kier alpha value is -1.69. The Morgan fingerprint density at radius 1 is 1.18 bits per heavy atom. The molecular formula is C5H12N4O7S. The number of nitrogens with zero attached hydrogens (tertiary/aromatic N) is 4. The summed E-state index contributed by atoms with van der Waals surface area (Å²) < 4.78 is 25.7. The lowest BCUT2D eigenvalue weighted by molar-refractivity contribution is -0.797. The van der Waals surface area contributed by atoms with Gasteiger partial charge in [0.15, 0.2) is 0 Å². The summed E-state index contributed by atoms with van der Waals surface area (Å²) in [6.45, 7) is -0.786. The zero-order chi connectivity index (χ0) is 13.5. The van der Waals surface area contributed by atoms with Gasteiger partial charge in [0.25, 0.3) is 10.1 Å². The van der Waals surface area contributed by atoms with Gasteiger partial charge in [-0.25, -0.2) is 0 Å². The monoisotopic (exact) mass is 272 g/mol. The van der Waals surface area contributed by atoms with Crippen LogP contribution in [0, 0.1) is 10.4 Å². The molecule has 0 aromatic rings. The minimum Gasteiger partial charge on any atom is -0.592 e. The second-order valence-electron chi connectivity index (χ2n) is 2.60. The zero-order valence-corrected chi connectivity index (χ0v) is 10.2. The van der Waals surface area contributed by atoms with Crippen LogP contribution < -0.4 is 0 Å². The molecule has 0 aliphatic rings. The van der Waals surface area contributed by atoms with E-state index in [2.05, 4.69) is 24.4 Å². The third kappa shape index (κ3) is 6.47. The molecule has 17 heavy (non-hydrogen) atoms. The molecule has 0 saturated carbocycles. The van der Waals surface area contributed by atoms with Crippen molar-refractivity contribution in [3.05, 3.63) is 10.4 Å². The van der Waals surface area contributed by atoms with Gasteiger partial charge < -0.3 is 20.1 Å². The Bertz CT molecular complexity index is 371. The van der Waals surface area contributed by atoms with Crippen molar-refractivity contribution >= 4 is 10.1 Å². The third-order valence-corrected chi connectivity index (χ3v) is 1.83. The maximum atomic E-state index is 11.2. The molecule has 0 spiro atoms. The Kier molecular flexibility index (Phi) is 6.12. The normalized spacial score (nSPS) is 15.5. The van der Waals surface area contributed by atoms with Crippen molar-refractivity contribution in [2.24, 2.45) is 10.6 Å². The van der Waals surface area contributed by atoms with Gasteiger partial charge in [-0.2, -0.15) is 8.42 Å². The minimum atomic E-state index is -3.81. The summed E-state index contributed by atoms with van der Waals surface area (Å²) in [7, 11) is -1.67. The van der Waals surface area contributed by atoms with Crippen LogP contribution in [0.15, 0.2) is 10.6 Å². The van der Waals surface area contributed by atoms with Crippen molar-refractivity contribution in [1.29, 1.82) is 0 Å². The van der Waals surface area contributed by atoms with Gasteiger partial charge >= 0.3 is 6.17 Å². The van der Waals surface area contributed by atoms with E-state index in [1.165, 1.54) is 0 Å². The molecule has 12 heteroatoms. The number of rotatable bonds is 7. The molecule has 0 aromatic carbocycles. The number of hydrogen-bond acceptors (Lipinski definition) is 9. The summed E-state index contributed by atoms with van der Waals surface area (Å²) in [5.41, 5.74) is 0. The van der Waals surface area contributed by atoms with Crippen LogP contribution in [0.25, 0.3) is 0 Å². The van der Waals surface area contributed by atoms with Crippen LogP contribution in [0.1, 0.15) is 0 Å². The predicted molar refractivity (Wildman–Crippen MR) is 50.7 cm³/mol. The van der Waals surface area contributed by atoms with E-state index in [9.17, 15) is 18.8 Å². The zero-order valence-electron chi connectivity index (χ0n) is 9.34. The van der Waals surface area contributed by atoms with Gasteiger partial charge in [0.1, 0.15) is 14.2 Å². The molecule has 0 heterocycles. The van der Waals surface area contributed by atoms with Gasteiger partial charge in [-0.05, 0) is 0 Å². The van der Waals surface area contributed by atoms with Gasteiger partial charge in [-0.15, -0.1) is 0 Å². The molecule has 0 aliphatic heterocycles. The van der Waals surface area contributed by atoms with Crippen LogP contribution >= 0.6 is 0 Å². The summed E-state index contributed by atoms with van der Waals surface area (Å²) >= 11 is 0. The quantitative estimate of drug-likeness (QED) is 0.197. The predicted octanol–water partition coefficient (Wildman–Crippen LogP) is -0.663. The van der Waals surface area contributed by atoms with Gasteiger partial charge in [-0.1, -0.05) is 0 Å². The average Bonchev–Trinajstić information content (AvgIpc) is 2.16. The van der Waals surface area contributed by atoms with E-state index in [1.807, 2.05) is 0 Å². The fourth-order valence-corrected chi connectivity index (χ4v) is 1.04. The molecule has 0 bridgehead atoms. The largest absolute Gasteiger partial charge is 0.592 e. The van der Waals surface area contributed by atoms with Crippen molar-refractivity contribution < 1.29 is 32.0 Å². The van der Waals surface area contributed by atoms with E-state index in [4.69, 9.17) is 0 Å². The first-order valence-electron chi connectivity index (χ1n) is 4.07. The van der Waals surface area contributed by atoms with Crippen LogP contribution in [0.4, 0.5) is 0 Å². The summed E-state index contributed by atoms with van der Waals surface area (Å²) in [6.07, 6.45) is -0.931. The van der Waals surface area contributed by atoms with Crippen molar-refractivity contribution in [1.82, 2.24) is 0 Å². The number of hydrogen-bond donors (Lipinski definition) is 0. The molecule has 0 saturated heterocycles. The topological polar surface area (TPSA) is 139 Å². The molecule has 0 N–H and O–H groups in total. The Morgan fingerprint density at radius 2 is 1.59 bits per heavy atom. The Balaban J connectivity index is 4.87. The van der Waals surface area contributed by atoms with Crippen molar-refractivity contribution in [2.45, 2.75) is 6.17 Å². The van der Waals surface area contributed by atoms with Gasteiger partial charge in [0, 0.05) is 9.72 Å². The van der Waals surface area contributed by atoms with Crippen LogP contribution in [0.2, 0.25) is 0 Å². The first-order chi connectivity index (χ1) is 7.81. The highest BCUT2D eigenvalue weighted by molar-refractivity contribution is 7.85. The average molecular weight is 272 g/mol. The van der Waals surface area contributed by atoms with Crippen LogP contribution in [-0.4, -0.2) is 51.4 Å². The molecule has 0 amide bonds. The first kappa shape index (κ1) is 15.3. The standard InChI is InChI=1S/C5H12N4O7S/c1-14-6-8(10)5(9(11)7-15-2)4-16-17(3,12)13/h5H,4H2,1-3H3. The highest BCUT2D eigenvalue weighted by atomic mass is 32.2. The smallest absolute Gasteiger partial charge is 0.440 e. The van der Waals surface area contributed by atoms with Crippen molar-refractivity contribution in [3.63, 3.8) is 0 Å². The van der Waals surface area contributed by atoms with Crippen LogP contribution in [0.3, 0.4) is 0 Å². The molecule has 0 unspecified atom stereocenters. The van der Waals surface area contributed by atoms with Gasteiger partial charge in [-0.3, -0.25) is 4.18 Å². The second-order valence-corrected chi connectivity index (χ2v) is 4.25. The van der Waals surface area contributed by atoms with Crippen molar-refractivity contribution in [2.75, 3.05) is 27.1 Å². The summed E-state index contributed by atoms with van der Waals surface area (Å²) in [5, 5.41) is 28.1. The molecule has 100 valence electrons. The molecule has 11 nitrogen and oxygen atoms in total. The van der Waals surface area contributed by atoms with E-state index < -0.39 is 22.9 Å². The molecule has 0 radical (unpaired) electrons. The van der Waals surface area contributed by atoms with E-state index in [-0.39, 0.29) is 9.72 Å². The fourth-order valence-electron chi connectivity index (χ4n) is 0.666. The summed E-state index contributed by atoms with van der Waals surface area (Å²) in [5.74, 6) is 0. The molecular weight excluding hydrogens is 260 g/mol. The Morgan fingerprint density at radius 3 is 1.88 bits per heavy atom. The lowest BCUT2D eigenvalue weighted by atomic mass is 10.6. The lowest BCUT2D eigenvalue weighted by Gasteiger charge is -2.09. The lowest BCUT2D eigenvalue weighted by Crippen LogP contribution is -2.35. The van der Waals surface area contributed by atoms with E-state index in [0.29, 0.717) is 0 Å². The highest BCUT2D eigenvalue weighted by Gasteiger charge is 2.32. The van der Waals surface area contributed by atoms with Crippen LogP contribution in [0.5, 0.6) is 0 Å². The molecule has 0 rings (SSSR count). The van der Waals surface area contributed by atoms with Crippen molar-refractivity contribution in [3.8, 4) is 0 Å². The third-order valence-electron chi connectivity index (χ3n) is 1.27. The molecule has 0 atom stereocenters.